The number of benzene rings is 1. The van der Waals surface area contributed by atoms with Gasteiger partial charge in [0.25, 0.3) is 0 Å². The van der Waals surface area contributed by atoms with Gasteiger partial charge in [-0.3, -0.25) is 4.79 Å². The third kappa shape index (κ3) is 2.48. The number of carbonyl (C=O) groups excluding carboxylic acids is 1. The van der Waals surface area contributed by atoms with Gasteiger partial charge in [-0.1, -0.05) is 12.1 Å². The Morgan fingerprint density at radius 3 is 2.88 bits per heavy atom. The molecule has 1 amide bonds. The summed E-state index contributed by atoms with van der Waals surface area (Å²) in [5.74, 6) is 0.141. The summed E-state index contributed by atoms with van der Waals surface area (Å²) < 4.78 is 0. The highest BCUT2D eigenvalue weighted by Gasteiger charge is 2.27. The number of rotatable bonds is 4. The van der Waals surface area contributed by atoms with Gasteiger partial charge >= 0.3 is 0 Å². The first-order chi connectivity index (χ1) is 8.11. The fourth-order valence-corrected chi connectivity index (χ4v) is 2.25. The molecule has 0 saturated carbocycles. The largest absolute Gasteiger partial charge is 0.330 e. The third-order valence-corrected chi connectivity index (χ3v) is 2.98. The van der Waals surface area contributed by atoms with Crippen LogP contribution in [0.15, 0.2) is 18.2 Å². The van der Waals surface area contributed by atoms with Crippen molar-refractivity contribution in [2.45, 2.75) is 25.8 Å². The van der Waals surface area contributed by atoms with Crippen molar-refractivity contribution in [2.24, 2.45) is 11.5 Å². The standard InChI is InChI=1S/C13H19N3O/c1-9(15)8-16-12-3-2-10(4-5-14)6-11(12)7-13(16)17/h2-3,6,9H,4-5,7-8,14-15H2,1H3. The normalized spacial score (nSPS) is 16.2. The predicted octanol–water partition coefficient (Wildman–Crippen LogP) is 0.424. The summed E-state index contributed by atoms with van der Waals surface area (Å²) in [4.78, 5) is 13.7. The Morgan fingerprint density at radius 2 is 2.24 bits per heavy atom. The second-order valence-corrected chi connectivity index (χ2v) is 4.66. The molecule has 4 N–H and O–H groups in total. The number of nitrogens with two attached hydrogens (primary N) is 2. The van der Waals surface area contributed by atoms with Crippen LogP contribution < -0.4 is 16.4 Å². The van der Waals surface area contributed by atoms with Crippen molar-refractivity contribution in [3.63, 3.8) is 0 Å². The van der Waals surface area contributed by atoms with Crippen molar-refractivity contribution in [1.82, 2.24) is 0 Å². The number of nitrogens with zero attached hydrogens (tertiary/aromatic N) is 1. The van der Waals surface area contributed by atoms with E-state index in [0.29, 0.717) is 19.5 Å². The molecule has 0 spiro atoms. The predicted molar refractivity (Wildman–Crippen MR) is 68.9 cm³/mol. The Kier molecular flexibility index (Phi) is 3.45. The Labute approximate surface area is 102 Å². The molecule has 92 valence electrons. The topological polar surface area (TPSA) is 72.3 Å². The molecule has 0 aromatic heterocycles. The maximum atomic E-state index is 11.9. The summed E-state index contributed by atoms with van der Waals surface area (Å²) in [7, 11) is 0. The van der Waals surface area contributed by atoms with Crippen LogP contribution in [0.5, 0.6) is 0 Å². The first kappa shape index (κ1) is 12.1. The van der Waals surface area contributed by atoms with Crippen molar-refractivity contribution in [2.75, 3.05) is 18.0 Å². The molecule has 2 rings (SSSR count). The summed E-state index contributed by atoms with van der Waals surface area (Å²) in [6.45, 7) is 3.13. The SMILES string of the molecule is CC(N)CN1C(=O)Cc2cc(CCN)ccc21. The molecule has 1 aliphatic rings. The van der Waals surface area contributed by atoms with Gasteiger partial charge < -0.3 is 16.4 Å². The number of anilines is 1. The van der Waals surface area contributed by atoms with E-state index < -0.39 is 0 Å². The summed E-state index contributed by atoms with van der Waals surface area (Å²) in [6.07, 6.45) is 1.34. The quantitative estimate of drug-likeness (QED) is 0.792. The van der Waals surface area contributed by atoms with E-state index in [-0.39, 0.29) is 11.9 Å². The van der Waals surface area contributed by atoms with Crippen LogP contribution in [0.1, 0.15) is 18.1 Å². The van der Waals surface area contributed by atoms with E-state index in [4.69, 9.17) is 11.5 Å². The van der Waals surface area contributed by atoms with E-state index >= 15 is 0 Å². The van der Waals surface area contributed by atoms with E-state index in [1.807, 2.05) is 19.1 Å². The fraction of sp³-hybridized carbons (Fsp3) is 0.462. The Hall–Kier alpha value is -1.39. The van der Waals surface area contributed by atoms with E-state index in [2.05, 4.69) is 6.07 Å². The minimum Gasteiger partial charge on any atom is -0.330 e. The van der Waals surface area contributed by atoms with Gasteiger partial charge in [0, 0.05) is 18.3 Å². The molecule has 1 heterocycles. The van der Waals surface area contributed by atoms with Crippen molar-refractivity contribution >= 4 is 11.6 Å². The molecular formula is C13H19N3O. The van der Waals surface area contributed by atoms with Crippen LogP contribution in [0, 0.1) is 0 Å². The van der Waals surface area contributed by atoms with E-state index in [0.717, 1.165) is 17.7 Å². The zero-order chi connectivity index (χ0) is 12.4. The maximum absolute atomic E-state index is 11.9. The van der Waals surface area contributed by atoms with E-state index in [1.165, 1.54) is 5.56 Å². The number of hydrogen-bond donors (Lipinski definition) is 2. The minimum absolute atomic E-state index is 0.00591. The first-order valence-corrected chi connectivity index (χ1v) is 5.99. The van der Waals surface area contributed by atoms with Crippen LogP contribution in [0.25, 0.3) is 0 Å². The summed E-state index contributed by atoms with van der Waals surface area (Å²) in [6, 6.07) is 6.13. The van der Waals surface area contributed by atoms with Gasteiger partial charge in [-0.2, -0.15) is 0 Å². The third-order valence-electron chi connectivity index (χ3n) is 2.98. The van der Waals surface area contributed by atoms with Crippen LogP contribution in [-0.2, 0) is 17.6 Å². The van der Waals surface area contributed by atoms with E-state index in [1.54, 1.807) is 4.90 Å². The van der Waals surface area contributed by atoms with Crippen LogP contribution in [0.4, 0.5) is 5.69 Å². The molecular weight excluding hydrogens is 214 g/mol. The van der Waals surface area contributed by atoms with Gasteiger partial charge in [0.1, 0.15) is 0 Å². The Balaban J connectivity index is 2.25. The monoisotopic (exact) mass is 233 g/mol. The molecule has 1 aliphatic heterocycles. The molecule has 1 aromatic carbocycles. The van der Waals surface area contributed by atoms with Crippen molar-refractivity contribution in [3.8, 4) is 0 Å². The Bertz CT molecular complexity index is 429. The van der Waals surface area contributed by atoms with Crippen molar-refractivity contribution in [1.29, 1.82) is 0 Å². The molecule has 1 unspecified atom stereocenters. The van der Waals surface area contributed by atoms with Gasteiger partial charge in [-0.05, 0) is 37.1 Å². The van der Waals surface area contributed by atoms with E-state index in [9.17, 15) is 4.79 Å². The van der Waals surface area contributed by atoms with Crippen LogP contribution in [0.2, 0.25) is 0 Å². The summed E-state index contributed by atoms with van der Waals surface area (Å²) in [5, 5.41) is 0. The second-order valence-electron chi connectivity index (χ2n) is 4.66. The molecule has 0 radical (unpaired) electrons. The fourth-order valence-electron chi connectivity index (χ4n) is 2.25. The van der Waals surface area contributed by atoms with Gasteiger partial charge in [0.05, 0.1) is 6.42 Å². The molecule has 0 aliphatic carbocycles. The highest BCUT2D eigenvalue weighted by atomic mass is 16.2. The highest BCUT2D eigenvalue weighted by Crippen LogP contribution is 2.29. The molecule has 1 atom stereocenters. The molecule has 0 saturated heterocycles. The average Bonchev–Trinajstić information content (AvgIpc) is 2.55. The maximum Gasteiger partial charge on any atom is 0.231 e. The van der Waals surface area contributed by atoms with Crippen molar-refractivity contribution in [3.05, 3.63) is 29.3 Å². The van der Waals surface area contributed by atoms with Crippen LogP contribution in [0.3, 0.4) is 0 Å². The lowest BCUT2D eigenvalue weighted by atomic mass is 10.1. The lowest BCUT2D eigenvalue weighted by Crippen LogP contribution is -2.37. The van der Waals surface area contributed by atoms with Crippen LogP contribution >= 0.6 is 0 Å². The summed E-state index contributed by atoms with van der Waals surface area (Å²) >= 11 is 0. The van der Waals surface area contributed by atoms with Gasteiger partial charge in [-0.15, -0.1) is 0 Å². The number of hydrogen-bond acceptors (Lipinski definition) is 3. The highest BCUT2D eigenvalue weighted by molar-refractivity contribution is 6.01. The van der Waals surface area contributed by atoms with Gasteiger partial charge in [0.15, 0.2) is 0 Å². The number of fused-ring (bicyclic) bond motifs is 1. The zero-order valence-corrected chi connectivity index (χ0v) is 10.1. The molecule has 4 nitrogen and oxygen atoms in total. The molecule has 4 heteroatoms. The number of carbonyl (C=O) groups is 1. The Morgan fingerprint density at radius 1 is 1.47 bits per heavy atom. The lowest BCUT2D eigenvalue weighted by Gasteiger charge is -2.19. The zero-order valence-electron chi connectivity index (χ0n) is 10.1. The average molecular weight is 233 g/mol. The smallest absolute Gasteiger partial charge is 0.231 e. The summed E-state index contributed by atoms with van der Waals surface area (Å²) in [5.41, 5.74) is 14.6. The number of amides is 1. The molecule has 0 fully saturated rings. The van der Waals surface area contributed by atoms with Gasteiger partial charge in [0.2, 0.25) is 5.91 Å². The molecule has 0 bridgehead atoms. The first-order valence-electron chi connectivity index (χ1n) is 5.99. The second kappa shape index (κ2) is 4.85. The van der Waals surface area contributed by atoms with Crippen molar-refractivity contribution < 1.29 is 4.79 Å². The lowest BCUT2D eigenvalue weighted by molar-refractivity contribution is -0.117. The molecule has 17 heavy (non-hydrogen) atoms. The van der Waals surface area contributed by atoms with Gasteiger partial charge in [-0.25, -0.2) is 0 Å². The van der Waals surface area contributed by atoms with Crippen LogP contribution in [-0.4, -0.2) is 25.0 Å². The minimum atomic E-state index is -0.00591. The molecule has 1 aromatic rings.